The van der Waals surface area contributed by atoms with Crippen molar-refractivity contribution in [1.82, 2.24) is 15.5 Å². The highest BCUT2D eigenvalue weighted by Crippen LogP contribution is 2.22. The molecule has 162 valence electrons. The van der Waals surface area contributed by atoms with Crippen LogP contribution in [0.3, 0.4) is 0 Å². The van der Waals surface area contributed by atoms with Crippen molar-refractivity contribution >= 4 is 46.8 Å². The van der Waals surface area contributed by atoms with Crippen LogP contribution in [0.25, 0.3) is 0 Å². The molecule has 1 unspecified atom stereocenters. The van der Waals surface area contributed by atoms with Crippen LogP contribution in [0.2, 0.25) is 10.0 Å². The molecule has 0 bridgehead atoms. The van der Waals surface area contributed by atoms with Gasteiger partial charge in [0.25, 0.3) is 5.91 Å². The van der Waals surface area contributed by atoms with E-state index in [2.05, 4.69) is 29.4 Å². The van der Waals surface area contributed by atoms with Crippen LogP contribution in [-0.2, 0) is 4.79 Å². The Bertz CT molecular complexity index is 709. The second-order valence-corrected chi connectivity index (χ2v) is 9.84. The van der Waals surface area contributed by atoms with Gasteiger partial charge in [0.05, 0.1) is 10.6 Å². The molecule has 0 aromatic heterocycles. The van der Waals surface area contributed by atoms with Gasteiger partial charge in [0, 0.05) is 17.1 Å². The molecule has 0 radical (unpaired) electrons. The SMILES string of the molecule is CSCCC(NC(=O)c1ccc(Cl)cc1Cl)C(=O)NCC(C)(C)N1CCCCC1. The Morgan fingerprint density at radius 2 is 1.90 bits per heavy atom. The summed E-state index contributed by atoms with van der Waals surface area (Å²) in [6.07, 6.45) is 6.20. The fraction of sp³-hybridized carbons (Fsp3) is 0.619. The molecular weight excluding hydrogens is 429 g/mol. The third-order valence-electron chi connectivity index (χ3n) is 5.32. The first-order valence-electron chi connectivity index (χ1n) is 10.0. The zero-order valence-corrected chi connectivity index (χ0v) is 19.7. The van der Waals surface area contributed by atoms with Crippen LogP contribution in [0.15, 0.2) is 18.2 Å². The number of hydrogen-bond donors (Lipinski definition) is 2. The van der Waals surface area contributed by atoms with E-state index >= 15 is 0 Å². The molecule has 1 aliphatic heterocycles. The van der Waals surface area contributed by atoms with Crippen molar-refractivity contribution in [2.45, 2.75) is 51.1 Å². The van der Waals surface area contributed by atoms with Crippen LogP contribution >= 0.6 is 35.0 Å². The molecule has 1 aromatic carbocycles. The molecule has 1 fully saturated rings. The van der Waals surface area contributed by atoms with E-state index in [4.69, 9.17) is 23.2 Å². The zero-order valence-electron chi connectivity index (χ0n) is 17.4. The van der Waals surface area contributed by atoms with E-state index in [0.717, 1.165) is 18.8 Å². The molecule has 0 saturated carbocycles. The second-order valence-electron chi connectivity index (χ2n) is 8.01. The van der Waals surface area contributed by atoms with E-state index in [1.807, 2.05) is 6.26 Å². The predicted molar refractivity (Wildman–Crippen MR) is 123 cm³/mol. The summed E-state index contributed by atoms with van der Waals surface area (Å²) in [4.78, 5) is 28.0. The lowest BCUT2D eigenvalue weighted by atomic mass is 9.98. The number of piperidine rings is 1. The van der Waals surface area contributed by atoms with Gasteiger partial charge >= 0.3 is 0 Å². The van der Waals surface area contributed by atoms with Crippen molar-refractivity contribution in [3.8, 4) is 0 Å². The molecular formula is C21H31Cl2N3O2S. The maximum atomic E-state index is 12.9. The number of hydrogen-bond acceptors (Lipinski definition) is 4. The van der Waals surface area contributed by atoms with Gasteiger partial charge in [-0.1, -0.05) is 29.6 Å². The monoisotopic (exact) mass is 459 g/mol. The number of thioether (sulfide) groups is 1. The Morgan fingerprint density at radius 1 is 1.21 bits per heavy atom. The van der Waals surface area contributed by atoms with Gasteiger partial charge in [-0.05, 0) is 76.4 Å². The summed E-state index contributed by atoms with van der Waals surface area (Å²) in [5.74, 6) is 0.230. The predicted octanol–water partition coefficient (Wildman–Crippen LogP) is 4.23. The molecule has 1 aliphatic rings. The highest BCUT2D eigenvalue weighted by molar-refractivity contribution is 7.98. The van der Waals surface area contributed by atoms with Gasteiger partial charge in [-0.25, -0.2) is 0 Å². The van der Waals surface area contributed by atoms with E-state index < -0.39 is 6.04 Å². The number of nitrogens with zero attached hydrogens (tertiary/aromatic N) is 1. The Kier molecular flexibility index (Phi) is 9.60. The minimum absolute atomic E-state index is 0.121. The Labute approximate surface area is 188 Å². The average molecular weight is 460 g/mol. The number of rotatable bonds is 9. The quantitative estimate of drug-likeness (QED) is 0.579. The minimum atomic E-state index is -0.612. The van der Waals surface area contributed by atoms with Gasteiger partial charge < -0.3 is 10.6 Å². The molecule has 2 N–H and O–H groups in total. The minimum Gasteiger partial charge on any atom is -0.352 e. The summed E-state index contributed by atoms with van der Waals surface area (Å²) in [6.45, 7) is 6.97. The van der Waals surface area contributed by atoms with Gasteiger partial charge in [-0.15, -0.1) is 0 Å². The summed E-state index contributed by atoms with van der Waals surface area (Å²) >= 11 is 13.7. The van der Waals surface area contributed by atoms with E-state index in [0.29, 0.717) is 23.6 Å². The number of likely N-dealkylation sites (tertiary alicyclic amines) is 1. The second kappa shape index (κ2) is 11.4. The number of carbonyl (C=O) groups excluding carboxylic acids is 2. The first kappa shape index (κ1) is 24.3. The molecule has 2 amide bonds. The molecule has 0 spiro atoms. The molecule has 1 saturated heterocycles. The number of halogens is 2. The van der Waals surface area contributed by atoms with Crippen molar-refractivity contribution in [2.75, 3.05) is 31.6 Å². The highest BCUT2D eigenvalue weighted by Gasteiger charge is 2.30. The molecule has 1 aromatic rings. The van der Waals surface area contributed by atoms with E-state index in [-0.39, 0.29) is 22.4 Å². The first-order chi connectivity index (χ1) is 13.7. The summed E-state index contributed by atoms with van der Waals surface area (Å²) in [6, 6.07) is 4.10. The molecule has 29 heavy (non-hydrogen) atoms. The van der Waals surface area contributed by atoms with E-state index in [1.54, 1.807) is 23.9 Å². The summed E-state index contributed by atoms with van der Waals surface area (Å²) in [5.41, 5.74) is 0.190. The van der Waals surface area contributed by atoms with Crippen molar-refractivity contribution in [3.63, 3.8) is 0 Å². The van der Waals surface area contributed by atoms with Crippen LogP contribution in [0.5, 0.6) is 0 Å². The first-order valence-corrected chi connectivity index (χ1v) is 12.2. The normalized spacial score (nSPS) is 16.3. The molecule has 8 heteroatoms. The standard InChI is InChI=1S/C21H31Cl2N3O2S/c1-21(2,26-10-5-4-6-11-26)14-24-20(28)18(9-12-29-3)25-19(27)16-8-7-15(22)13-17(16)23/h7-8,13,18H,4-6,9-12,14H2,1-3H3,(H,24,28)(H,25,27). The zero-order chi connectivity index (χ0) is 21.4. The van der Waals surface area contributed by atoms with E-state index in [1.165, 1.54) is 25.3 Å². The lowest BCUT2D eigenvalue weighted by molar-refractivity contribution is -0.123. The molecule has 5 nitrogen and oxygen atoms in total. The molecule has 2 rings (SSSR count). The molecule has 1 heterocycles. The average Bonchev–Trinajstić information content (AvgIpc) is 2.69. The van der Waals surface area contributed by atoms with Gasteiger partial charge in [-0.3, -0.25) is 14.5 Å². The molecule has 0 aliphatic carbocycles. The largest absolute Gasteiger partial charge is 0.352 e. The van der Waals surface area contributed by atoms with E-state index in [9.17, 15) is 9.59 Å². The van der Waals surface area contributed by atoms with Crippen molar-refractivity contribution < 1.29 is 9.59 Å². The maximum absolute atomic E-state index is 12.9. The number of benzene rings is 1. The van der Waals surface area contributed by atoms with Gasteiger partial charge in [0.15, 0.2) is 0 Å². The third-order valence-corrected chi connectivity index (χ3v) is 6.51. The third kappa shape index (κ3) is 7.35. The van der Waals surface area contributed by atoms with Crippen molar-refractivity contribution in [3.05, 3.63) is 33.8 Å². The fourth-order valence-corrected chi connectivity index (χ4v) is 4.42. The van der Waals surface area contributed by atoms with Crippen molar-refractivity contribution in [2.24, 2.45) is 0 Å². The molecule has 1 atom stereocenters. The van der Waals surface area contributed by atoms with Crippen LogP contribution in [0.1, 0.15) is 49.9 Å². The van der Waals surface area contributed by atoms with Gasteiger partial charge in [-0.2, -0.15) is 11.8 Å². The van der Waals surface area contributed by atoms with Crippen molar-refractivity contribution in [1.29, 1.82) is 0 Å². The smallest absolute Gasteiger partial charge is 0.253 e. The Hall–Kier alpha value is -0.950. The number of carbonyl (C=O) groups is 2. The van der Waals surface area contributed by atoms with Crippen LogP contribution < -0.4 is 10.6 Å². The topological polar surface area (TPSA) is 61.4 Å². The lowest BCUT2D eigenvalue weighted by Gasteiger charge is -2.41. The summed E-state index contributed by atoms with van der Waals surface area (Å²) < 4.78 is 0. The summed E-state index contributed by atoms with van der Waals surface area (Å²) in [7, 11) is 0. The fourth-order valence-electron chi connectivity index (χ4n) is 3.45. The Balaban J connectivity index is 2.00. The van der Waals surface area contributed by atoms with Gasteiger partial charge in [0.1, 0.15) is 6.04 Å². The van der Waals surface area contributed by atoms with Crippen LogP contribution in [0.4, 0.5) is 0 Å². The number of amides is 2. The van der Waals surface area contributed by atoms with Crippen LogP contribution in [0, 0.1) is 0 Å². The summed E-state index contributed by atoms with van der Waals surface area (Å²) in [5, 5.41) is 6.62. The lowest BCUT2D eigenvalue weighted by Crippen LogP contribution is -2.56. The number of nitrogens with one attached hydrogen (secondary N) is 2. The maximum Gasteiger partial charge on any atom is 0.253 e. The highest BCUT2D eigenvalue weighted by atomic mass is 35.5. The Morgan fingerprint density at radius 3 is 2.52 bits per heavy atom. The van der Waals surface area contributed by atoms with Gasteiger partial charge in [0.2, 0.25) is 5.91 Å². The van der Waals surface area contributed by atoms with Crippen LogP contribution in [-0.4, -0.2) is 59.9 Å².